The van der Waals surface area contributed by atoms with Crippen LogP contribution in [0, 0.1) is 0 Å². The zero-order valence-electron chi connectivity index (χ0n) is 8.10. The topological polar surface area (TPSA) is 29.5 Å². The van der Waals surface area contributed by atoms with Crippen molar-refractivity contribution < 1.29 is 9.53 Å². The molecule has 0 radical (unpaired) electrons. The van der Waals surface area contributed by atoms with Gasteiger partial charge in [0.1, 0.15) is 0 Å². The number of amides is 1. The molecule has 1 fully saturated rings. The highest BCUT2D eigenvalue weighted by Gasteiger charge is 2.33. The Morgan fingerprint density at radius 1 is 1.71 bits per heavy atom. The Kier molecular flexibility index (Phi) is 2.72. The number of carbonyl (C=O) groups is 1. The first-order valence-corrected chi connectivity index (χ1v) is 5.56. The van der Waals surface area contributed by atoms with Crippen molar-refractivity contribution in [1.29, 1.82) is 0 Å². The monoisotopic (exact) mass is 211 g/mol. The lowest BCUT2D eigenvalue weighted by Gasteiger charge is -2.19. The molecule has 0 atom stereocenters. The fourth-order valence-electron chi connectivity index (χ4n) is 1.42. The van der Waals surface area contributed by atoms with Crippen LogP contribution in [0.2, 0.25) is 0 Å². The molecule has 2 rings (SSSR count). The van der Waals surface area contributed by atoms with Gasteiger partial charge in [0, 0.05) is 10.9 Å². The maximum atomic E-state index is 11.4. The Morgan fingerprint density at radius 2 is 2.50 bits per heavy atom. The second kappa shape index (κ2) is 4.00. The van der Waals surface area contributed by atoms with E-state index in [0.717, 1.165) is 12.8 Å². The minimum Gasteiger partial charge on any atom is -0.453 e. The van der Waals surface area contributed by atoms with Crippen molar-refractivity contribution in [3.8, 4) is 0 Å². The molecule has 1 aromatic rings. The quantitative estimate of drug-likeness (QED) is 0.768. The first-order valence-electron chi connectivity index (χ1n) is 4.68. The molecular weight excluding hydrogens is 198 g/mol. The number of hydrogen-bond acceptors (Lipinski definition) is 3. The molecule has 0 aromatic carbocycles. The van der Waals surface area contributed by atoms with E-state index in [1.54, 1.807) is 11.3 Å². The molecule has 0 aliphatic heterocycles. The third kappa shape index (κ3) is 2.07. The highest BCUT2D eigenvalue weighted by molar-refractivity contribution is 7.09. The van der Waals surface area contributed by atoms with E-state index < -0.39 is 0 Å². The molecule has 0 N–H and O–H groups in total. The van der Waals surface area contributed by atoms with Crippen LogP contribution in [0.15, 0.2) is 17.5 Å². The summed E-state index contributed by atoms with van der Waals surface area (Å²) in [6.07, 6.45) is 2.02. The number of ether oxygens (including phenoxy) is 1. The summed E-state index contributed by atoms with van der Waals surface area (Å²) in [5.41, 5.74) is 0. The van der Waals surface area contributed by atoms with Gasteiger partial charge in [-0.15, -0.1) is 11.3 Å². The third-order valence-corrected chi connectivity index (χ3v) is 3.16. The summed E-state index contributed by atoms with van der Waals surface area (Å²) in [5, 5.41) is 2.03. The summed E-state index contributed by atoms with van der Waals surface area (Å²) >= 11 is 1.67. The van der Waals surface area contributed by atoms with Crippen LogP contribution in [0.5, 0.6) is 0 Å². The van der Waals surface area contributed by atoms with Crippen molar-refractivity contribution >= 4 is 17.4 Å². The Bertz CT molecular complexity index is 306. The molecule has 1 aliphatic rings. The number of carbonyl (C=O) groups excluding carboxylic acids is 1. The molecule has 0 saturated heterocycles. The van der Waals surface area contributed by atoms with E-state index in [4.69, 9.17) is 4.74 Å². The molecule has 1 aromatic heterocycles. The van der Waals surface area contributed by atoms with Crippen molar-refractivity contribution in [2.24, 2.45) is 0 Å². The Labute approximate surface area is 87.3 Å². The average Bonchev–Trinajstić information content (AvgIpc) is 2.92. The molecule has 3 nitrogen and oxygen atoms in total. The van der Waals surface area contributed by atoms with Gasteiger partial charge in [0.2, 0.25) is 0 Å². The number of nitrogens with zero attached hydrogens (tertiary/aromatic N) is 1. The largest absolute Gasteiger partial charge is 0.453 e. The molecule has 1 heterocycles. The van der Waals surface area contributed by atoms with E-state index >= 15 is 0 Å². The van der Waals surface area contributed by atoms with Gasteiger partial charge in [-0.1, -0.05) is 6.07 Å². The van der Waals surface area contributed by atoms with Gasteiger partial charge in [0.25, 0.3) is 0 Å². The van der Waals surface area contributed by atoms with Crippen LogP contribution < -0.4 is 0 Å². The molecular formula is C10H13NO2S. The average molecular weight is 211 g/mol. The highest BCUT2D eigenvalue weighted by atomic mass is 32.1. The van der Waals surface area contributed by atoms with Crippen LogP contribution >= 0.6 is 11.3 Å². The lowest BCUT2D eigenvalue weighted by atomic mass is 10.4. The lowest BCUT2D eigenvalue weighted by Crippen LogP contribution is -2.32. The first kappa shape index (κ1) is 9.52. The van der Waals surface area contributed by atoms with E-state index in [0.29, 0.717) is 12.6 Å². The number of rotatable bonds is 3. The zero-order chi connectivity index (χ0) is 9.97. The summed E-state index contributed by atoms with van der Waals surface area (Å²) in [6, 6.07) is 4.45. The SMILES string of the molecule is COC(=O)N(Cc1cccs1)C1CC1. The Hall–Kier alpha value is -1.03. The van der Waals surface area contributed by atoms with Gasteiger partial charge in [0.05, 0.1) is 13.7 Å². The second-order valence-corrected chi connectivity index (χ2v) is 4.44. The van der Waals surface area contributed by atoms with Gasteiger partial charge >= 0.3 is 6.09 Å². The Balaban J connectivity index is 2.00. The van der Waals surface area contributed by atoms with Crippen molar-refractivity contribution in [2.75, 3.05) is 7.11 Å². The second-order valence-electron chi connectivity index (χ2n) is 3.41. The minimum absolute atomic E-state index is 0.207. The standard InChI is InChI=1S/C10H13NO2S/c1-13-10(12)11(8-4-5-8)7-9-3-2-6-14-9/h2-3,6,8H,4-5,7H2,1H3. The van der Waals surface area contributed by atoms with Crippen molar-refractivity contribution in [2.45, 2.75) is 25.4 Å². The molecule has 0 bridgehead atoms. The van der Waals surface area contributed by atoms with Gasteiger partial charge < -0.3 is 9.64 Å². The zero-order valence-corrected chi connectivity index (χ0v) is 8.92. The number of thiophene rings is 1. The highest BCUT2D eigenvalue weighted by Crippen LogP contribution is 2.29. The van der Waals surface area contributed by atoms with Crippen LogP contribution in [0.1, 0.15) is 17.7 Å². The van der Waals surface area contributed by atoms with Crippen LogP contribution in [0.3, 0.4) is 0 Å². The van der Waals surface area contributed by atoms with Gasteiger partial charge in [-0.2, -0.15) is 0 Å². The summed E-state index contributed by atoms with van der Waals surface area (Å²) in [6.45, 7) is 0.689. The summed E-state index contributed by atoms with van der Waals surface area (Å²) in [5.74, 6) is 0. The summed E-state index contributed by atoms with van der Waals surface area (Å²) < 4.78 is 4.75. The van der Waals surface area contributed by atoms with E-state index in [-0.39, 0.29) is 6.09 Å². The van der Waals surface area contributed by atoms with Crippen LogP contribution in [-0.2, 0) is 11.3 Å². The van der Waals surface area contributed by atoms with Gasteiger partial charge in [-0.25, -0.2) is 4.79 Å². The first-order chi connectivity index (χ1) is 6.81. The van der Waals surface area contributed by atoms with E-state index in [1.807, 2.05) is 22.4 Å². The van der Waals surface area contributed by atoms with E-state index in [9.17, 15) is 4.79 Å². The van der Waals surface area contributed by atoms with Gasteiger partial charge in [-0.05, 0) is 24.3 Å². The normalized spacial score (nSPS) is 15.2. The van der Waals surface area contributed by atoms with Crippen molar-refractivity contribution in [3.63, 3.8) is 0 Å². The predicted molar refractivity (Wildman–Crippen MR) is 55.3 cm³/mol. The molecule has 14 heavy (non-hydrogen) atoms. The minimum atomic E-state index is -0.207. The fourth-order valence-corrected chi connectivity index (χ4v) is 2.12. The van der Waals surface area contributed by atoms with E-state index in [1.165, 1.54) is 12.0 Å². The summed E-state index contributed by atoms with van der Waals surface area (Å²) in [4.78, 5) is 14.4. The fraction of sp³-hybridized carbons (Fsp3) is 0.500. The van der Waals surface area contributed by atoms with E-state index in [2.05, 4.69) is 0 Å². The molecule has 0 spiro atoms. The molecule has 4 heteroatoms. The van der Waals surface area contributed by atoms with Gasteiger partial charge in [-0.3, -0.25) is 0 Å². The van der Waals surface area contributed by atoms with Crippen molar-refractivity contribution in [1.82, 2.24) is 4.90 Å². The molecule has 0 unspecified atom stereocenters. The smallest absolute Gasteiger partial charge is 0.410 e. The van der Waals surface area contributed by atoms with Crippen molar-refractivity contribution in [3.05, 3.63) is 22.4 Å². The number of methoxy groups -OCH3 is 1. The molecule has 1 saturated carbocycles. The molecule has 1 aliphatic carbocycles. The number of hydrogen-bond donors (Lipinski definition) is 0. The van der Waals surface area contributed by atoms with Crippen LogP contribution in [0.4, 0.5) is 4.79 Å². The summed E-state index contributed by atoms with van der Waals surface area (Å²) in [7, 11) is 1.44. The maximum absolute atomic E-state index is 11.4. The molecule has 1 amide bonds. The third-order valence-electron chi connectivity index (χ3n) is 2.30. The lowest BCUT2D eigenvalue weighted by molar-refractivity contribution is 0.118. The van der Waals surface area contributed by atoms with Crippen LogP contribution in [-0.4, -0.2) is 24.1 Å². The maximum Gasteiger partial charge on any atom is 0.410 e. The predicted octanol–water partition coefficient (Wildman–Crippen LogP) is 2.48. The van der Waals surface area contributed by atoms with Crippen LogP contribution in [0.25, 0.3) is 0 Å². The molecule has 76 valence electrons. The Morgan fingerprint density at radius 3 is 3.00 bits per heavy atom. The van der Waals surface area contributed by atoms with Gasteiger partial charge in [0.15, 0.2) is 0 Å².